The van der Waals surface area contributed by atoms with Crippen LogP contribution in [0.5, 0.6) is 0 Å². The van der Waals surface area contributed by atoms with E-state index in [0.29, 0.717) is 17.7 Å². The van der Waals surface area contributed by atoms with Crippen molar-refractivity contribution in [1.29, 1.82) is 0 Å². The maximum Gasteiger partial charge on any atom is 0.254 e. The highest BCUT2D eigenvalue weighted by Crippen LogP contribution is 2.27. The molecule has 1 fully saturated rings. The number of para-hydroxylation sites is 1. The Morgan fingerprint density at radius 2 is 2.00 bits per heavy atom. The molecule has 1 aliphatic rings. The molecule has 0 aliphatic carbocycles. The monoisotopic (exact) mass is 381 g/mol. The Balaban J connectivity index is 1.79. The van der Waals surface area contributed by atoms with E-state index in [1.807, 2.05) is 36.4 Å². The van der Waals surface area contributed by atoms with Crippen LogP contribution in [0.25, 0.3) is 22.2 Å². The fraction of sp³-hybridized carbons (Fsp3) is 0.250. The van der Waals surface area contributed by atoms with Gasteiger partial charge in [-0.05, 0) is 30.7 Å². The molecule has 1 amide bonds. The third kappa shape index (κ3) is 3.42. The predicted octanol–water partition coefficient (Wildman–Crippen LogP) is 2.56. The lowest BCUT2D eigenvalue weighted by Gasteiger charge is -2.24. The number of carbonyl (C=O) groups is 1. The number of hydrogen-bond acceptors (Lipinski definition) is 5. The van der Waals surface area contributed by atoms with E-state index >= 15 is 0 Å². The quantitative estimate of drug-likeness (QED) is 0.697. The van der Waals surface area contributed by atoms with Gasteiger partial charge in [0, 0.05) is 36.4 Å². The average Bonchev–Trinajstić information content (AvgIpc) is 3.06. The molecular weight excluding hydrogens is 362 g/mol. The van der Waals surface area contributed by atoms with E-state index in [0.717, 1.165) is 16.5 Å². The van der Waals surface area contributed by atoms with E-state index in [1.165, 1.54) is 0 Å². The van der Waals surface area contributed by atoms with Crippen LogP contribution in [0.4, 0.5) is 0 Å². The second-order valence-corrected chi connectivity index (χ2v) is 9.02. The first-order valence-electron chi connectivity index (χ1n) is 8.72. The van der Waals surface area contributed by atoms with Crippen LogP contribution in [0.2, 0.25) is 0 Å². The number of hydrogen-bond donors (Lipinski definition) is 0. The summed E-state index contributed by atoms with van der Waals surface area (Å²) in [6, 6.07) is 12.7. The minimum atomic E-state index is -3.06. The molecule has 1 aliphatic heterocycles. The lowest BCUT2D eigenvalue weighted by molar-refractivity contribution is 0.0749. The molecule has 1 aromatic carbocycles. The van der Waals surface area contributed by atoms with Crippen LogP contribution in [0.15, 0.2) is 54.9 Å². The van der Waals surface area contributed by atoms with Crippen molar-refractivity contribution in [1.82, 2.24) is 14.9 Å². The minimum absolute atomic E-state index is 0.0215. The molecule has 0 N–H and O–H groups in total. The number of amides is 1. The lowest BCUT2D eigenvalue weighted by Crippen LogP contribution is -2.38. The van der Waals surface area contributed by atoms with Crippen LogP contribution < -0.4 is 0 Å². The van der Waals surface area contributed by atoms with E-state index in [2.05, 4.69) is 9.97 Å². The maximum atomic E-state index is 13.2. The van der Waals surface area contributed by atoms with Crippen LogP contribution in [-0.2, 0) is 9.84 Å². The summed E-state index contributed by atoms with van der Waals surface area (Å²) in [7, 11) is -1.39. The summed E-state index contributed by atoms with van der Waals surface area (Å²) < 4.78 is 23.6. The number of sulfone groups is 1. The van der Waals surface area contributed by atoms with E-state index in [-0.39, 0.29) is 23.5 Å². The predicted molar refractivity (Wildman–Crippen MR) is 104 cm³/mol. The average molecular weight is 381 g/mol. The normalized spacial score (nSPS) is 18.5. The molecule has 3 heterocycles. The first-order valence-corrected chi connectivity index (χ1v) is 10.5. The number of carbonyl (C=O) groups excluding carboxylic acids is 1. The van der Waals surface area contributed by atoms with Crippen molar-refractivity contribution in [3.63, 3.8) is 0 Å². The summed E-state index contributed by atoms with van der Waals surface area (Å²) in [5, 5.41) is 0.753. The second kappa shape index (κ2) is 6.74. The topological polar surface area (TPSA) is 80.2 Å². The summed E-state index contributed by atoms with van der Waals surface area (Å²) in [5.41, 5.74) is 2.72. The fourth-order valence-electron chi connectivity index (χ4n) is 3.45. The molecule has 27 heavy (non-hydrogen) atoms. The van der Waals surface area contributed by atoms with E-state index in [9.17, 15) is 13.2 Å². The van der Waals surface area contributed by atoms with Gasteiger partial charge in [-0.2, -0.15) is 0 Å². The van der Waals surface area contributed by atoms with E-state index in [4.69, 9.17) is 0 Å². The van der Waals surface area contributed by atoms with Gasteiger partial charge < -0.3 is 4.90 Å². The van der Waals surface area contributed by atoms with Gasteiger partial charge in [-0.15, -0.1) is 0 Å². The Labute approximate surface area is 157 Å². The van der Waals surface area contributed by atoms with Crippen molar-refractivity contribution in [3.05, 3.63) is 60.4 Å². The smallest absolute Gasteiger partial charge is 0.254 e. The number of fused-ring (bicyclic) bond motifs is 1. The molecule has 138 valence electrons. The van der Waals surface area contributed by atoms with Crippen molar-refractivity contribution >= 4 is 26.6 Å². The molecule has 7 heteroatoms. The molecule has 4 rings (SSSR count). The van der Waals surface area contributed by atoms with Crippen molar-refractivity contribution in [2.24, 2.45) is 0 Å². The van der Waals surface area contributed by atoms with Gasteiger partial charge in [0.25, 0.3) is 5.91 Å². The molecule has 0 unspecified atom stereocenters. The van der Waals surface area contributed by atoms with Crippen LogP contribution in [0, 0.1) is 0 Å². The van der Waals surface area contributed by atoms with Crippen molar-refractivity contribution in [2.75, 3.05) is 18.6 Å². The van der Waals surface area contributed by atoms with Gasteiger partial charge in [-0.25, -0.2) is 13.4 Å². The fourth-order valence-corrected chi connectivity index (χ4v) is 5.23. The standard InChI is InChI=1S/C20H19N3O3S/c1-23(15-8-10-27(25,26)13-15)20(24)17-11-19(14-5-4-9-21-12-14)22-18-7-3-2-6-16(17)18/h2-7,9,11-12,15H,8,10,13H2,1H3/t15-/m0/s1. The zero-order valence-corrected chi connectivity index (χ0v) is 15.7. The van der Waals surface area contributed by atoms with Gasteiger partial charge in [0.15, 0.2) is 9.84 Å². The number of aromatic nitrogens is 2. The molecular formula is C20H19N3O3S. The SMILES string of the molecule is CN(C(=O)c1cc(-c2cccnc2)nc2ccccc12)[C@H]1CCS(=O)(=O)C1. The Kier molecular flexibility index (Phi) is 4.39. The van der Waals surface area contributed by atoms with Gasteiger partial charge in [-0.3, -0.25) is 9.78 Å². The first-order chi connectivity index (χ1) is 12.9. The molecule has 0 saturated carbocycles. The zero-order valence-electron chi connectivity index (χ0n) is 14.9. The van der Waals surface area contributed by atoms with Gasteiger partial charge in [0.2, 0.25) is 0 Å². The molecule has 3 aromatic rings. The Hall–Kier alpha value is -2.80. The highest BCUT2D eigenvalue weighted by Gasteiger charge is 2.33. The van der Waals surface area contributed by atoms with Crippen LogP contribution in [0.1, 0.15) is 16.8 Å². The minimum Gasteiger partial charge on any atom is -0.338 e. The van der Waals surface area contributed by atoms with E-state index < -0.39 is 9.84 Å². The third-order valence-corrected chi connectivity index (χ3v) is 6.73. The summed E-state index contributed by atoms with van der Waals surface area (Å²) in [6.07, 6.45) is 3.87. The number of benzene rings is 1. The van der Waals surface area contributed by atoms with Gasteiger partial charge in [0.1, 0.15) is 0 Å². The number of pyridine rings is 2. The maximum absolute atomic E-state index is 13.2. The molecule has 1 atom stereocenters. The molecule has 0 spiro atoms. The first kappa shape index (κ1) is 17.6. The molecule has 0 bridgehead atoms. The Morgan fingerprint density at radius 1 is 1.19 bits per heavy atom. The van der Waals surface area contributed by atoms with E-state index in [1.54, 1.807) is 30.4 Å². The molecule has 6 nitrogen and oxygen atoms in total. The van der Waals surface area contributed by atoms with Gasteiger partial charge in [-0.1, -0.05) is 18.2 Å². The zero-order chi connectivity index (χ0) is 19.0. The lowest BCUT2D eigenvalue weighted by atomic mass is 10.0. The number of nitrogens with zero attached hydrogens (tertiary/aromatic N) is 3. The van der Waals surface area contributed by atoms with Crippen molar-refractivity contribution in [3.8, 4) is 11.3 Å². The summed E-state index contributed by atoms with van der Waals surface area (Å²) >= 11 is 0. The van der Waals surface area contributed by atoms with Crippen LogP contribution in [-0.4, -0.2) is 53.8 Å². The Morgan fingerprint density at radius 3 is 2.70 bits per heavy atom. The molecule has 1 saturated heterocycles. The largest absolute Gasteiger partial charge is 0.338 e. The van der Waals surface area contributed by atoms with Gasteiger partial charge in [0.05, 0.1) is 28.3 Å². The highest BCUT2D eigenvalue weighted by atomic mass is 32.2. The van der Waals surface area contributed by atoms with Crippen molar-refractivity contribution < 1.29 is 13.2 Å². The highest BCUT2D eigenvalue weighted by molar-refractivity contribution is 7.91. The number of rotatable bonds is 3. The molecule has 2 aromatic heterocycles. The van der Waals surface area contributed by atoms with Crippen molar-refractivity contribution in [2.45, 2.75) is 12.5 Å². The van der Waals surface area contributed by atoms with Crippen LogP contribution in [0.3, 0.4) is 0 Å². The van der Waals surface area contributed by atoms with Crippen LogP contribution >= 0.6 is 0 Å². The second-order valence-electron chi connectivity index (χ2n) is 6.79. The Bertz CT molecular complexity index is 1110. The summed E-state index contributed by atoms with van der Waals surface area (Å²) in [4.78, 5) is 23.6. The third-order valence-electron chi connectivity index (χ3n) is 4.98. The molecule has 0 radical (unpaired) electrons. The summed E-state index contributed by atoms with van der Waals surface area (Å²) in [5.74, 6) is -0.0399. The summed E-state index contributed by atoms with van der Waals surface area (Å²) in [6.45, 7) is 0. The van der Waals surface area contributed by atoms with Gasteiger partial charge >= 0.3 is 0 Å².